The molecule has 2 aromatic rings. The quantitative estimate of drug-likeness (QED) is 0.155. The normalized spacial score (nSPS) is 10.0. The van der Waals surface area contributed by atoms with E-state index in [4.69, 9.17) is 54.0 Å². The summed E-state index contributed by atoms with van der Waals surface area (Å²) < 4.78 is 42.2. The molecule has 0 aliphatic heterocycles. The number of aliphatic hydroxyl groups excluding tert-OH is 1. The molecule has 0 fully saturated rings. The smallest absolute Gasteiger partial charge is 0.422 e. The van der Waals surface area contributed by atoms with Crippen LogP contribution in [0.25, 0.3) is 0 Å². The maximum Gasteiger partial charge on any atom is 0.531 e. The van der Waals surface area contributed by atoms with Crippen molar-refractivity contribution in [2.45, 2.75) is 0 Å². The van der Waals surface area contributed by atoms with E-state index in [9.17, 15) is 29.4 Å². The predicted molar refractivity (Wildman–Crippen MR) is 140 cm³/mol. The van der Waals surface area contributed by atoms with Gasteiger partial charge >= 0.3 is 13.9 Å². The molecule has 38 heavy (non-hydrogen) atoms. The molecule has 17 heteroatoms. The summed E-state index contributed by atoms with van der Waals surface area (Å²) in [5.74, 6) is 6.39. The van der Waals surface area contributed by atoms with Crippen LogP contribution < -0.4 is 9.05 Å². The Bertz CT molecular complexity index is 1260. The van der Waals surface area contributed by atoms with Crippen LogP contribution in [0.5, 0.6) is 11.5 Å². The first-order valence-corrected chi connectivity index (χ1v) is 14.4. The molecule has 0 atom stereocenters. The molecule has 0 aliphatic carbocycles. The Morgan fingerprint density at radius 1 is 0.763 bits per heavy atom. The van der Waals surface area contributed by atoms with E-state index >= 15 is 0 Å². The number of halogens is 2. The zero-order valence-corrected chi connectivity index (χ0v) is 22.3. The van der Waals surface area contributed by atoms with Crippen molar-refractivity contribution in [1.29, 1.82) is 0 Å². The van der Waals surface area contributed by atoms with Gasteiger partial charge < -0.3 is 14.2 Å². The van der Waals surface area contributed by atoms with Gasteiger partial charge in [0.2, 0.25) is 0 Å². The topological polar surface area (TPSA) is 178 Å². The first kappa shape index (κ1) is 34.4. The number of terminal acetylenes is 3. The van der Waals surface area contributed by atoms with Gasteiger partial charge in [0, 0.05) is 46.7 Å². The van der Waals surface area contributed by atoms with Crippen molar-refractivity contribution in [3.05, 3.63) is 68.8 Å². The van der Waals surface area contributed by atoms with Crippen LogP contribution in [-0.2, 0) is 18.2 Å². The molecule has 13 nitrogen and oxygen atoms in total. The van der Waals surface area contributed by atoms with Gasteiger partial charge in [-0.1, -0.05) is 17.8 Å². The van der Waals surface area contributed by atoms with Crippen molar-refractivity contribution < 1.29 is 42.2 Å². The summed E-state index contributed by atoms with van der Waals surface area (Å²) >= 11 is 10.3. The molecule has 0 bridgehead atoms. The summed E-state index contributed by atoms with van der Waals surface area (Å²) in [4.78, 5) is 19.6. The summed E-state index contributed by atoms with van der Waals surface area (Å²) in [6.45, 7) is -0.746. The van der Waals surface area contributed by atoms with E-state index in [1.165, 1.54) is 48.5 Å². The lowest BCUT2D eigenvalue weighted by Gasteiger charge is -2.16. The maximum absolute atomic E-state index is 12.1. The van der Waals surface area contributed by atoms with Gasteiger partial charge in [0.25, 0.3) is 11.4 Å². The van der Waals surface area contributed by atoms with Crippen LogP contribution in [0.15, 0.2) is 48.5 Å². The highest BCUT2D eigenvalue weighted by Crippen LogP contribution is 2.57. The number of phosphoric ester groups is 1. The third-order valence-corrected chi connectivity index (χ3v) is 5.39. The number of rotatable bonds is 10. The highest BCUT2D eigenvalue weighted by Gasteiger charge is 2.28. The monoisotopic (exact) mass is 606 g/mol. The number of benzene rings is 2. The molecule has 0 radical (unpaired) electrons. The van der Waals surface area contributed by atoms with Crippen molar-refractivity contribution >= 4 is 47.8 Å². The van der Waals surface area contributed by atoms with Crippen LogP contribution >= 0.6 is 36.4 Å². The molecule has 0 saturated heterocycles. The molecule has 1 N–H and O–H groups in total. The number of aliphatic hydroxyl groups is 1. The fraction of sp³-hybridized carbons (Fsp3) is 0.143. The summed E-state index contributed by atoms with van der Waals surface area (Å²) in [5, 5.41) is 28.4. The van der Waals surface area contributed by atoms with Crippen molar-refractivity contribution in [2.24, 2.45) is 0 Å². The predicted octanol–water partition coefficient (Wildman–Crippen LogP) is 5.55. The molecule has 202 valence electrons. The van der Waals surface area contributed by atoms with Crippen molar-refractivity contribution in [3.8, 4) is 48.5 Å². The van der Waals surface area contributed by atoms with Gasteiger partial charge in [0.1, 0.15) is 31.3 Å². The Kier molecular flexibility index (Phi) is 16.1. The number of phosphoric acid groups is 1. The Balaban J connectivity index is 0.000000660. The van der Waals surface area contributed by atoms with Crippen molar-refractivity contribution in [1.82, 2.24) is 0 Å². The van der Waals surface area contributed by atoms with E-state index in [1.807, 2.05) is 5.92 Å². The van der Waals surface area contributed by atoms with Crippen LogP contribution in [0.1, 0.15) is 0 Å². The third-order valence-electron chi connectivity index (χ3n) is 3.23. The number of non-ortho nitro benzene ring substituents is 2. The molecule has 0 amide bonds. The second-order valence-corrected chi connectivity index (χ2v) is 11.7. The lowest BCUT2D eigenvalue weighted by atomic mass is 10.3. The van der Waals surface area contributed by atoms with Gasteiger partial charge in [-0.25, -0.2) is 9.13 Å². The van der Waals surface area contributed by atoms with Crippen molar-refractivity contribution in [2.75, 3.05) is 19.8 Å². The third kappa shape index (κ3) is 15.5. The standard InChI is InChI=1S/C12H10NO6P.C6H4Cl2NO4P.C3H4O/c1-3-9-17-20(16,18-10-4-2)19-12-7-5-11(6-8-12)13(14)15;7-14(8,12)13-6-3-1-5(2-4-6)9(10)11;1-2-3-4/h1-2,5-8H,9-10H2;1-4H;1,4H,3H2. The Labute approximate surface area is 226 Å². The number of nitrogens with zero attached hydrogens (tertiary/aromatic N) is 2. The number of nitro benzene ring substituents is 2. The lowest BCUT2D eigenvalue weighted by Crippen LogP contribution is -2.03. The fourth-order valence-corrected chi connectivity index (χ4v) is 3.70. The zero-order valence-electron chi connectivity index (χ0n) is 19.0. The van der Waals surface area contributed by atoms with E-state index in [0.29, 0.717) is 0 Å². The molecule has 0 aliphatic rings. The maximum atomic E-state index is 12.1. The molecule has 0 spiro atoms. The molecule has 0 heterocycles. The fourth-order valence-electron chi connectivity index (χ4n) is 1.83. The summed E-state index contributed by atoms with van der Waals surface area (Å²) in [6.07, 6.45) is 10.9. The van der Waals surface area contributed by atoms with Gasteiger partial charge in [0.05, 0.1) is 9.85 Å². The average Bonchev–Trinajstić information content (AvgIpc) is 2.86. The van der Waals surface area contributed by atoms with Crippen molar-refractivity contribution in [3.63, 3.8) is 0 Å². The SMILES string of the molecule is C#CCO.C#CCOP(=O)(OCC#C)Oc1ccc([N+](=O)[O-])cc1.O=[N+]([O-])c1ccc(OP(=O)(Cl)Cl)cc1. The van der Waals surface area contributed by atoms with Gasteiger partial charge in [-0.2, -0.15) is 0 Å². The molecule has 0 saturated carbocycles. The summed E-state index contributed by atoms with van der Waals surface area (Å²) in [7, 11) is -3.97. The number of hydrogen-bond donors (Lipinski definition) is 1. The van der Waals surface area contributed by atoms with E-state index < -0.39 is 23.7 Å². The van der Waals surface area contributed by atoms with E-state index in [2.05, 4.69) is 22.8 Å². The molecular formula is C21H18Cl2N2O11P2. The minimum atomic E-state index is -3.97. The molecule has 2 aromatic carbocycles. The second-order valence-electron chi connectivity index (χ2n) is 5.86. The van der Waals surface area contributed by atoms with Gasteiger partial charge in [-0.3, -0.25) is 29.3 Å². The minimum absolute atomic E-state index is 0.0629. The average molecular weight is 607 g/mol. The number of nitro groups is 2. The van der Waals surface area contributed by atoms with Crippen LogP contribution in [0.4, 0.5) is 11.4 Å². The Morgan fingerprint density at radius 2 is 1.11 bits per heavy atom. The molecule has 0 unspecified atom stereocenters. The van der Waals surface area contributed by atoms with E-state index in [1.54, 1.807) is 0 Å². The Hall–Kier alpha value is -3.56. The van der Waals surface area contributed by atoms with E-state index in [0.717, 1.165) is 0 Å². The highest BCUT2D eigenvalue weighted by atomic mass is 35.9. The van der Waals surface area contributed by atoms with Gasteiger partial charge in [-0.05, 0) is 24.3 Å². The van der Waals surface area contributed by atoms with Crippen LogP contribution in [-0.4, -0.2) is 34.8 Å². The molecular weight excluding hydrogens is 589 g/mol. The number of hydrogen-bond acceptors (Lipinski definition) is 11. The lowest BCUT2D eigenvalue weighted by molar-refractivity contribution is -0.385. The second kappa shape index (κ2) is 17.8. The first-order chi connectivity index (χ1) is 17.8. The summed E-state index contributed by atoms with van der Waals surface area (Å²) in [6, 6.07) is 9.78. The van der Waals surface area contributed by atoms with Crippen LogP contribution in [0.2, 0.25) is 0 Å². The molecule has 0 aromatic heterocycles. The van der Waals surface area contributed by atoms with Gasteiger partial charge in [0.15, 0.2) is 0 Å². The minimum Gasteiger partial charge on any atom is -0.422 e. The molecule has 2 rings (SSSR count). The highest BCUT2D eigenvalue weighted by molar-refractivity contribution is 8.05. The zero-order chi connectivity index (χ0) is 29.2. The summed E-state index contributed by atoms with van der Waals surface area (Å²) in [5.41, 5.74) is -0.238. The van der Waals surface area contributed by atoms with Crippen LogP contribution in [0, 0.1) is 57.3 Å². The van der Waals surface area contributed by atoms with Crippen LogP contribution in [0.3, 0.4) is 0 Å². The van der Waals surface area contributed by atoms with E-state index in [-0.39, 0.29) is 42.7 Å². The Morgan fingerprint density at radius 3 is 1.37 bits per heavy atom. The van der Waals surface area contributed by atoms with Gasteiger partial charge in [-0.15, -0.1) is 19.3 Å². The first-order valence-electron chi connectivity index (χ1n) is 9.48. The largest absolute Gasteiger partial charge is 0.531 e.